The molecule has 0 fully saturated rings. The van der Waals surface area contributed by atoms with Crippen LogP contribution < -0.4 is 0 Å². The van der Waals surface area contributed by atoms with Gasteiger partial charge in [0.2, 0.25) is 0 Å². The van der Waals surface area contributed by atoms with Gasteiger partial charge >= 0.3 is 0 Å². The van der Waals surface area contributed by atoms with Crippen LogP contribution in [-0.4, -0.2) is 15.5 Å². The van der Waals surface area contributed by atoms with Crippen LogP contribution in [0.5, 0.6) is 0 Å². The maximum atomic E-state index is 11.3. The van der Waals surface area contributed by atoms with Gasteiger partial charge in [-0.2, -0.15) is 0 Å². The first-order valence-electron chi connectivity index (χ1n) is 4.04. The van der Waals surface area contributed by atoms with Crippen LogP contribution in [0.25, 0.3) is 0 Å². The summed E-state index contributed by atoms with van der Waals surface area (Å²) in [6, 6.07) is 0. The first-order valence-corrected chi connectivity index (χ1v) is 5.14. The predicted molar refractivity (Wildman–Crippen MR) is 55.8 cm³/mol. The van der Waals surface area contributed by atoms with E-state index < -0.39 is 11.4 Å². The first-order chi connectivity index (χ1) is 5.48. The molecule has 3 heteroatoms. The van der Waals surface area contributed by atoms with E-state index in [2.05, 4.69) is 11.0 Å². The summed E-state index contributed by atoms with van der Waals surface area (Å²) in [5, 5.41) is 0. The molecule has 0 aromatic heterocycles. The zero-order valence-corrected chi connectivity index (χ0v) is 8.86. The molecule has 0 aliphatic carbocycles. The maximum absolute atomic E-state index is 11.3. The van der Waals surface area contributed by atoms with E-state index in [-0.39, 0.29) is 4.75 Å². The number of allylic oxidation sites excluding steroid dienone is 1. The first kappa shape index (κ1) is 11.7. The van der Waals surface area contributed by atoms with Gasteiger partial charge in [0.25, 0.3) is 0 Å². The fraction of sp³-hybridized carbons (Fsp3) is 0.667. The van der Waals surface area contributed by atoms with Crippen LogP contribution in [0.1, 0.15) is 33.6 Å². The highest BCUT2D eigenvalue weighted by atomic mass is 32.2. The van der Waals surface area contributed by atoms with Gasteiger partial charge in [-0.25, -0.2) is 0 Å². The zero-order valence-electron chi connectivity index (χ0n) is 8.04. The molecule has 0 saturated heterocycles. The Morgan fingerprint density at radius 3 is 2.42 bits per heavy atom. The highest BCUT2D eigenvalue weighted by Gasteiger charge is 2.25. The predicted octanol–water partition coefficient (Wildman–Crippen LogP) is 2.49. The smallest absolute Gasteiger partial charge is 0.144 e. The van der Waals surface area contributed by atoms with E-state index in [4.69, 9.17) is 0 Å². The summed E-state index contributed by atoms with van der Waals surface area (Å²) in [4.78, 5) is 0. The number of rotatable bonds is 4. The van der Waals surface area contributed by atoms with Crippen molar-refractivity contribution in [3.05, 3.63) is 12.7 Å². The Labute approximate surface area is 78.1 Å². The third-order valence-corrected chi connectivity index (χ3v) is 2.58. The van der Waals surface area contributed by atoms with Crippen molar-refractivity contribution in [2.75, 3.05) is 0 Å². The van der Waals surface area contributed by atoms with E-state index in [1.807, 2.05) is 26.8 Å². The molecule has 0 N–H and O–H groups in total. The van der Waals surface area contributed by atoms with Crippen molar-refractivity contribution in [1.29, 1.82) is 0 Å². The van der Waals surface area contributed by atoms with E-state index in [0.717, 1.165) is 12.8 Å². The lowest BCUT2D eigenvalue weighted by Crippen LogP contribution is -2.25. The molecule has 0 aromatic carbocycles. The van der Waals surface area contributed by atoms with Crippen LogP contribution in [0, 0.1) is 0 Å². The van der Waals surface area contributed by atoms with Gasteiger partial charge in [0.15, 0.2) is 0 Å². The Bertz CT molecular complexity index is 160. The molecule has 0 rings (SSSR count). The largest absolute Gasteiger partial charge is 0.591 e. The molecule has 12 heavy (non-hydrogen) atoms. The second kappa shape index (κ2) is 5.38. The maximum Gasteiger partial charge on any atom is 0.144 e. The molecule has 0 radical (unpaired) electrons. The molecule has 0 bridgehead atoms. The summed E-state index contributed by atoms with van der Waals surface area (Å²) in [5.74, 6) is 0. The number of unbranched alkanes of at least 4 members (excludes halogenated alkanes) is 1. The average Bonchev–Trinajstić information content (AvgIpc) is 1.96. The second-order valence-corrected chi connectivity index (χ2v) is 5.45. The van der Waals surface area contributed by atoms with Crippen LogP contribution in [0.3, 0.4) is 0 Å². The molecule has 2 nitrogen and oxygen atoms in total. The molecule has 0 heterocycles. The van der Waals surface area contributed by atoms with Crippen LogP contribution in [0.2, 0.25) is 0 Å². The summed E-state index contributed by atoms with van der Waals surface area (Å²) in [6.45, 7) is 9.32. The van der Waals surface area contributed by atoms with Gasteiger partial charge in [-0.3, -0.25) is 0 Å². The zero-order chi connectivity index (χ0) is 9.61. The summed E-state index contributed by atoms with van der Waals surface area (Å²) in [5.41, 5.74) is 0. The standard InChI is InChI=1S/C9H17NOS/c1-5-6-7-8-10-12(11)9(2,3)4/h5,8H,1,6-7H2,2-4H3. The number of nitrogens with zero attached hydrogens (tertiary/aromatic N) is 1. The van der Waals surface area contributed by atoms with Crippen LogP contribution in [0.4, 0.5) is 0 Å². The molecular weight excluding hydrogens is 170 g/mol. The van der Waals surface area contributed by atoms with Gasteiger partial charge in [-0.1, -0.05) is 10.5 Å². The quantitative estimate of drug-likeness (QED) is 0.288. The molecule has 0 saturated carbocycles. The van der Waals surface area contributed by atoms with E-state index in [1.165, 1.54) is 0 Å². The Morgan fingerprint density at radius 1 is 1.42 bits per heavy atom. The van der Waals surface area contributed by atoms with E-state index in [9.17, 15) is 4.55 Å². The Morgan fingerprint density at radius 2 is 2.00 bits per heavy atom. The van der Waals surface area contributed by atoms with Crippen molar-refractivity contribution in [3.8, 4) is 0 Å². The topological polar surface area (TPSA) is 35.4 Å². The minimum Gasteiger partial charge on any atom is -0.591 e. The summed E-state index contributed by atoms with van der Waals surface area (Å²) in [7, 11) is 0. The third-order valence-electron chi connectivity index (χ3n) is 1.19. The SMILES string of the molecule is C=CCCC=N[S+]([O-])C(C)(C)C. The lowest BCUT2D eigenvalue weighted by atomic mass is 10.3. The minimum absolute atomic E-state index is 0.245. The normalized spacial score (nSPS) is 15.0. The summed E-state index contributed by atoms with van der Waals surface area (Å²) < 4.78 is 15.0. The van der Waals surface area contributed by atoms with Crippen molar-refractivity contribution in [1.82, 2.24) is 0 Å². The van der Waals surface area contributed by atoms with Gasteiger partial charge < -0.3 is 4.55 Å². The van der Waals surface area contributed by atoms with Crippen molar-refractivity contribution in [3.63, 3.8) is 0 Å². The molecule has 0 aliphatic heterocycles. The Balaban J connectivity index is 3.75. The molecule has 70 valence electrons. The lowest BCUT2D eigenvalue weighted by Gasteiger charge is -2.17. The van der Waals surface area contributed by atoms with Gasteiger partial charge in [-0.05, 0) is 33.6 Å². The van der Waals surface area contributed by atoms with Crippen LogP contribution >= 0.6 is 0 Å². The van der Waals surface area contributed by atoms with E-state index >= 15 is 0 Å². The van der Waals surface area contributed by atoms with E-state index in [1.54, 1.807) is 6.21 Å². The van der Waals surface area contributed by atoms with Crippen molar-refractivity contribution >= 4 is 17.6 Å². The highest BCUT2D eigenvalue weighted by Crippen LogP contribution is 2.16. The van der Waals surface area contributed by atoms with Crippen molar-refractivity contribution in [2.24, 2.45) is 4.40 Å². The molecule has 1 atom stereocenters. The minimum atomic E-state index is -1.11. The molecule has 0 spiro atoms. The Kier molecular flexibility index (Phi) is 5.25. The van der Waals surface area contributed by atoms with Crippen molar-refractivity contribution < 1.29 is 4.55 Å². The van der Waals surface area contributed by atoms with Crippen LogP contribution in [-0.2, 0) is 11.4 Å². The van der Waals surface area contributed by atoms with Gasteiger partial charge in [0, 0.05) is 0 Å². The molecule has 0 amide bonds. The Hall–Kier alpha value is -0.280. The van der Waals surface area contributed by atoms with Gasteiger partial charge in [-0.15, -0.1) is 6.58 Å². The second-order valence-electron chi connectivity index (χ2n) is 3.52. The third kappa shape index (κ3) is 5.38. The summed E-state index contributed by atoms with van der Waals surface area (Å²) in [6.07, 6.45) is 5.26. The molecular formula is C9H17NOS. The monoisotopic (exact) mass is 187 g/mol. The lowest BCUT2D eigenvalue weighted by molar-refractivity contribution is 0.561. The van der Waals surface area contributed by atoms with Gasteiger partial charge in [0.1, 0.15) is 16.1 Å². The van der Waals surface area contributed by atoms with E-state index in [0.29, 0.717) is 0 Å². The van der Waals surface area contributed by atoms with Gasteiger partial charge in [0.05, 0.1) is 6.21 Å². The molecule has 0 aromatic rings. The number of hydrogen-bond acceptors (Lipinski definition) is 2. The number of hydrogen-bond donors (Lipinski definition) is 0. The summed E-state index contributed by atoms with van der Waals surface area (Å²) >= 11 is -1.11. The fourth-order valence-electron chi connectivity index (χ4n) is 0.471. The fourth-order valence-corrected chi connectivity index (χ4v) is 1.03. The highest BCUT2D eigenvalue weighted by molar-refractivity contribution is 7.91. The molecule has 1 unspecified atom stereocenters. The van der Waals surface area contributed by atoms with Crippen LogP contribution in [0.15, 0.2) is 17.1 Å². The van der Waals surface area contributed by atoms with Crippen molar-refractivity contribution in [2.45, 2.75) is 38.4 Å². The average molecular weight is 187 g/mol. The molecule has 0 aliphatic rings.